The molecule has 0 saturated heterocycles. The maximum absolute atomic E-state index is 4.87. The Morgan fingerprint density at radius 3 is 2.58 bits per heavy atom. The van der Waals surface area contributed by atoms with E-state index in [4.69, 9.17) is 15.1 Å². The van der Waals surface area contributed by atoms with E-state index >= 15 is 0 Å². The van der Waals surface area contributed by atoms with Gasteiger partial charge in [-0.2, -0.15) is 4.52 Å². The van der Waals surface area contributed by atoms with Gasteiger partial charge in [-0.05, 0) is 25.0 Å². The zero-order chi connectivity index (χ0) is 16.5. The van der Waals surface area contributed by atoms with Crippen molar-refractivity contribution in [2.45, 2.75) is 33.1 Å². The van der Waals surface area contributed by atoms with Gasteiger partial charge in [0.25, 0.3) is 0 Å². The molecule has 0 spiro atoms. The summed E-state index contributed by atoms with van der Waals surface area (Å²) >= 11 is 0. The topological polar surface area (TPSA) is 43.1 Å². The third kappa shape index (κ3) is 2.44. The number of rotatable bonds is 4. The summed E-state index contributed by atoms with van der Waals surface area (Å²) in [6, 6.07) is 16.3. The lowest BCUT2D eigenvalue weighted by Gasteiger charge is -2.07. The van der Waals surface area contributed by atoms with Crippen molar-refractivity contribution in [3.8, 4) is 11.4 Å². The fourth-order valence-electron chi connectivity index (χ4n) is 3.08. The summed E-state index contributed by atoms with van der Waals surface area (Å²) in [5.41, 5.74) is 4.12. The van der Waals surface area contributed by atoms with E-state index in [9.17, 15) is 0 Å². The lowest BCUT2D eigenvalue weighted by molar-refractivity contribution is 0.720. The molecule has 4 aromatic rings. The molecule has 2 aromatic carbocycles. The van der Waals surface area contributed by atoms with Crippen LogP contribution in [0, 0.1) is 6.92 Å². The van der Waals surface area contributed by atoms with E-state index in [1.165, 1.54) is 5.56 Å². The van der Waals surface area contributed by atoms with Crippen molar-refractivity contribution in [2.75, 3.05) is 0 Å². The molecule has 0 bridgehead atoms. The maximum atomic E-state index is 4.87. The normalized spacial score (nSPS) is 11.4. The van der Waals surface area contributed by atoms with Crippen LogP contribution in [-0.4, -0.2) is 19.6 Å². The van der Waals surface area contributed by atoms with Crippen molar-refractivity contribution in [1.82, 2.24) is 19.6 Å². The number of fused-ring (bicyclic) bond motifs is 3. The summed E-state index contributed by atoms with van der Waals surface area (Å²) in [6.07, 6.45) is 3.14. The van der Waals surface area contributed by atoms with Gasteiger partial charge in [0.05, 0.1) is 5.52 Å². The molecule has 120 valence electrons. The fraction of sp³-hybridized carbons (Fsp3) is 0.250. The van der Waals surface area contributed by atoms with Gasteiger partial charge in [0.1, 0.15) is 5.82 Å². The van der Waals surface area contributed by atoms with Crippen molar-refractivity contribution in [1.29, 1.82) is 0 Å². The molecule has 0 amide bonds. The van der Waals surface area contributed by atoms with Gasteiger partial charge in [0, 0.05) is 17.4 Å². The Bertz CT molecular complexity index is 1000. The van der Waals surface area contributed by atoms with Crippen molar-refractivity contribution < 1.29 is 0 Å². The standard InChI is InChI=1S/C20H20N4/c1-3-4-13-17-21-16-12-8-9-14(2)18(16)20-22-19(23-24(17)20)15-10-6-5-7-11-15/h5-12H,3-4,13H2,1-2H3. The van der Waals surface area contributed by atoms with Crippen LogP contribution in [0.15, 0.2) is 48.5 Å². The van der Waals surface area contributed by atoms with Crippen molar-refractivity contribution in [2.24, 2.45) is 0 Å². The quantitative estimate of drug-likeness (QED) is 0.553. The fourth-order valence-corrected chi connectivity index (χ4v) is 3.08. The van der Waals surface area contributed by atoms with Crippen LogP contribution in [0.25, 0.3) is 27.9 Å². The molecule has 2 aromatic heterocycles. The molecule has 0 aliphatic heterocycles. The third-order valence-corrected chi connectivity index (χ3v) is 4.36. The van der Waals surface area contributed by atoms with E-state index in [0.29, 0.717) is 0 Å². The van der Waals surface area contributed by atoms with Gasteiger partial charge in [-0.3, -0.25) is 0 Å². The molecule has 4 nitrogen and oxygen atoms in total. The minimum atomic E-state index is 0.755. The molecule has 4 rings (SSSR count). The second-order valence-corrected chi connectivity index (χ2v) is 6.14. The number of unbranched alkanes of at least 4 members (excludes halogenated alkanes) is 1. The molecule has 0 fully saturated rings. The number of nitrogens with zero attached hydrogens (tertiary/aromatic N) is 4. The second-order valence-electron chi connectivity index (χ2n) is 6.14. The van der Waals surface area contributed by atoms with Gasteiger partial charge < -0.3 is 0 Å². The Morgan fingerprint density at radius 2 is 1.79 bits per heavy atom. The van der Waals surface area contributed by atoms with Gasteiger partial charge in [0.2, 0.25) is 0 Å². The summed E-state index contributed by atoms with van der Waals surface area (Å²) in [4.78, 5) is 9.72. The van der Waals surface area contributed by atoms with Gasteiger partial charge in [-0.15, -0.1) is 5.10 Å². The van der Waals surface area contributed by atoms with Gasteiger partial charge in [-0.1, -0.05) is 55.8 Å². The maximum Gasteiger partial charge on any atom is 0.182 e. The van der Waals surface area contributed by atoms with Gasteiger partial charge in [-0.25, -0.2) is 9.97 Å². The highest BCUT2D eigenvalue weighted by Gasteiger charge is 2.15. The monoisotopic (exact) mass is 316 g/mol. The first-order valence-corrected chi connectivity index (χ1v) is 8.48. The van der Waals surface area contributed by atoms with Crippen LogP contribution in [0.2, 0.25) is 0 Å². The number of aromatic nitrogens is 4. The largest absolute Gasteiger partial charge is 0.233 e. The zero-order valence-electron chi connectivity index (χ0n) is 14.0. The molecule has 0 N–H and O–H groups in total. The SMILES string of the molecule is CCCCc1nc2cccc(C)c2c2nc(-c3ccccc3)nn12. The number of hydrogen-bond acceptors (Lipinski definition) is 3. The first kappa shape index (κ1) is 14.8. The molecule has 0 unspecified atom stereocenters. The zero-order valence-corrected chi connectivity index (χ0v) is 14.0. The van der Waals surface area contributed by atoms with E-state index in [2.05, 4.69) is 32.0 Å². The Morgan fingerprint density at radius 1 is 0.958 bits per heavy atom. The van der Waals surface area contributed by atoms with E-state index in [-0.39, 0.29) is 0 Å². The van der Waals surface area contributed by atoms with Crippen LogP contribution >= 0.6 is 0 Å². The Hall–Kier alpha value is -2.75. The molecule has 0 saturated carbocycles. The van der Waals surface area contributed by atoms with Crippen LogP contribution in [-0.2, 0) is 6.42 Å². The number of aryl methyl sites for hydroxylation is 2. The average molecular weight is 316 g/mol. The Balaban J connectivity index is 2.02. The second kappa shape index (κ2) is 6.04. The summed E-state index contributed by atoms with van der Waals surface area (Å²) in [6.45, 7) is 4.30. The van der Waals surface area contributed by atoms with Crippen LogP contribution in [0.3, 0.4) is 0 Å². The molecule has 0 aliphatic rings. The lowest BCUT2D eigenvalue weighted by Crippen LogP contribution is -2.04. The van der Waals surface area contributed by atoms with Crippen LogP contribution in [0.1, 0.15) is 31.2 Å². The van der Waals surface area contributed by atoms with Crippen LogP contribution in [0.5, 0.6) is 0 Å². The van der Waals surface area contributed by atoms with Crippen molar-refractivity contribution in [3.63, 3.8) is 0 Å². The molecule has 24 heavy (non-hydrogen) atoms. The molecule has 0 aliphatic carbocycles. The molecular formula is C20H20N4. The van der Waals surface area contributed by atoms with E-state index in [1.54, 1.807) is 0 Å². The Labute approximate surface area is 141 Å². The van der Waals surface area contributed by atoms with Crippen LogP contribution in [0.4, 0.5) is 0 Å². The van der Waals surface area contributed by atoms with Crippen molar-refractivity contribution in [3.05, 3.63) is 59.9 Å². The summed E-state index contributed by atoms with van der Waals surface area (Å²) < 4.78 is 1.94. The predicted octanol–water partition coefficient (Wildman–Crippen LogP) is 4.60. The minimum Gasteiger partial charge on any atom is -0.233 e. The molecule has 0 radical (unpaired) electrons. The Kier molecular flexibility index (Phi) is 3.73. The first-order chi connectivity index (χ1) is 11.8. The molecule has 4 heteroatoms. The average Bonchev–Trinajstić information content (AvgIpc) is 3.06. The highest BCUT2D eigenvalue weighted by atomic mass is 15.3. The minimum absolute atomic E-state index is 0.755. The first-order valence-electron chi connectivity index (χ1n) is 8.48. The smallest absolute Gasteiger partial charge is 0.182 e. The van der Waals surface area contributed by atoms with Crippen molar-refractivity contribution >= 4 is 16.6 Å². The van der Waals surface area contributed by atoms with E-state index in [0.717, 1.165) is 53.0 Å². The summed E-state index contributed by atoms with van der Waals surface area (Å²) in [5.74, 6) is 1.74. The van der Waals surface area contributed by atoms with E-state index < -0.39 is 0 Å². The third-order valence-electron chi connectivity index (χ3n) is 4.36. The van der Waals surface area contributed by atoms with Gasteiger partial charge >= 0.3 is 0 Å². The molecular weight excluding hydrogens is 296 g/mol. The highest BCUT2D eigenvalue weighted by Crippen LogP contribution is 2.25. The summed E-state index contributed by atoms with van der Waals surface area (Å²) in [7, 11) is 0. The predicted molar refractivity (Wildman–Crippen MR) is 97.1 cm³/mol. The number of hydrogen-bond donors (Lipinski definition) is 0. The highest BCUT2D eigenvalue weighted by molar-refractivity contribution is 5.94. The number of benzene rings is 2. The molecule has 2 heterocycles. The van der Waals surface area contributed by atoms with Gasteiger partial charge in [0.15, 0.2) is 11.5 Å². The summed E-state index contributed by atoms with van der Waals surface area (Å²) in [5, 5.41) is 5.86. The van der Waals surface area contributed by atoms with E-state index in [1.807, 2.05) is 34.8 Å². The van der Waals surface area contributed by atoms with Crippen LogP contribution < -0.4 is 0 Å². The molecule has 0 atom stereocenters. The lowest BCUT2D eigenvalue weighted by atomic mass is 10.1.